The molecule has 4 unspecified atom stereocenters. The number of alkyl halides is 3. The van der Waals surface area contributed by atoms with Gasteiger partial charge in [0.25, 0.3) is 11.8 Å². The molecule has 3 aliphatic carbocycles. The Morgan fingerprint density at radius 3 is 2.46 bits per heavy atom. The van der Waals surface area contributed by atoms with E-state index in [-0.39, 0.29) is 56.3 Å². The Morgan fingerprint density at radius 2 is 1.80 bits per heavy atom. The lowest BCUT2D eigenvalue weighted by Gasteiger charge is -2.42. The number of carbonyl (C=O) groups excluding carboxylic acids is 4. The van der Waals surface area contributed by atoms with Crippen LogP contribution in [0.25, 0.3) is 0 Å². The molecule has 2 heterocycles. The van der Waals surface area contributed by atoms with Gasteiger partial charge in [-0.2, -0.15) is 18.2 Å². The van der Waals surface area contributed by atoms with E-state index in [4.69, 9.17) is 16.3 Å². The maximum absolute atomic E-state index is 14.2. The summed E-state index contributed by atoms with van der Waals surface area (Å²) in [4.78, 5) is 58.7. The summed E-state index contributed by atoms with van der Waals surface area (Å²) in [7, 11) is 2.59. The quantitative estimate of drug-likeness (QED) is 0.213. The maximum Gasteiger partial charge on any atom is 0.433 e. The van der Waals surface area contributed by atoms with Crippen molar-refractivity contribution in [1.82, 2.24) is 9.99 Å². The molecule has 0 spiro atoms. The summed E-state index contributed by atoms with van der Waals surface area (Å²) in [6.07, 6.45) is -1.70. The topological polar surface area (TPSA) is 117 Å². The van der Waals surface area contributed by atoms with E-state index in [0.717, 1.165) is 16.1 Å². The van der Waals surface area contributed by atoms with Gasteiger partial charge < -0.3 is 9.84 Å². The van der Waals surface area contributed by atoms with Crippen LogP contribution in [0.2, 0.25) is 5.02 Å². The second kappa shape index (κ2) is 11.3. The summed E-state index contributed by atoms with van der Waals surface area (Å²) in [6.45, 7) is 1.54. The Labute approximate surface area is 281 Å². The predicted molar refractivity (Wildman–Crippen MR) is 166 cm³/mol. The Hall–Kier alpha value is -3.49. The lowest BCUT2D eigenvalue weighted by molar-refractivity contribution is -0.141. The van der Waals surface area contributed by atoms with Crippen molar-refractivity contribution in [2.75, 3.05) is 19.2 Å². The SMILES string of the molecule is COc1cc(C2C3=CCC4C(=O)N(N(C)c5nc(C(F)(F)F)ccc5Cl)C(=O)C4C3CC3=C2C(=O)C(C)=CC3=O)c(Br)c(Br)c1O. The molecule has 46 heavy (non-hydrogen) atoms. The van der Waals surface area contributed by atoms with Crippen LogP contribution in [0.3, 0.4) is 0 Å². The van der Waals surface area contributed by atoms with E-state index in [2.05, 4.69) is 36.8 Å². The molecular weight excluding hydrogens is 763 g/mol. The molecule has 1 aromatic heterocycles. The number of allylic oxidation sites excluding steroid dienone is 6. The summed E-state index contributed by atoms with van der Waals surface area (Å²) >= 11 is 13.1. The number of phenols is 1. The van der Waals surface area contributed by atoms with E-state index in [1.807, 2.05) is 0 Å². The van der Waals surface area contributed by atoms with Crippen LogP contribution in [0.1, 0.15) is 36.9 Å². The number of ketones is 2. The van der Waals surface area contributed by atoms with Gasteiger partial charge in [-0.05, 0) is 87.4 Å². The van der Waals surface area contributed by atoms with Gasteiger partial charge >= 0.3 is 6.18 Å². The van der Waals surface area contributed by atoms with Gasteiger partial charge in [0.05, 0.1) is 28.4 Å². The summed E-state index contributed by atoms with van der Waals surface area (Å²) < 4.78 is 46.4. The van der Waals surface area contributed by atoms with Gasteiger partial charge in [-0.3, -0.25) is 24.2 Å². The molecule has 0 bridgehead atoms. The molecule has 1 saturated heterocycles. The zero-order chi connectivity index (χ0) is 33.6. The average Bonchev–Trinajstić information content (AvgIpc) is 3.26. The van der Waals surface area contributed by atoms with Crippen LogP contribution < -0.4 is 9.75 Å². The number of rotatable bonds is 4. The van der Waals surface area contributed by atoms with Crippen LogP contribution in [0.5, 0.6) is 11.5 Å². The van der Waals surface area contributed by atoms with Crippen LogP contribution >= 0.6 is 43.5 Å². The molecule has 1 aromatic carbocycles. The van der Waals surface area contributed by atoms with Crippen molar-refractivity contribution in [3.8, 4) is 11.5 Å². The molecule has 0 radical (unpaired) electrons. The number of anilines is 1. The number of hydrogen-bond acceptors (Lipinski definition) is 8. The number of hydrogen-bond donors (Lipinski definition) is 1. The first-order valence-electron chi connectivity index (χ1n) is 13.9. The molecule has 9 nitrogen and oxygen atoms in total. The second-order valence-corrected chi connectivity index (χ2v) is 13.4. The number of benzene rings is 1. The smallest absolute Gasteiger partial charge is 0.433 e. The largest absolute Gasteiger partial charge is 0.503 e. The van der Waals surface area contributed by atoms with Gasteiger partial charge in [-0.15, -0.1) is 0 Å². The van der Waals surface area contributed by atoms with E-state index in [1.165, 1.54) is 20.2 Å². The molecule has 2 aromatic rings. The molecule has 0 saturated carbocycles. The average molecular weight is 786 g/mol. The third-order valence-corrected chi connectivity index (χ3v) is 11.4. The summed E-state index contributed by atoms with van der Waals surface area (Å²) in [5.41, 5.74) is 0.527. The number of phenolic OH excluding ortho intramolecular Hbond substituents is 1. The molecule has 1 N–H and O–H groups in total. The highest BCUT2D eigenvalue weighted by atomic mass is 79.9. The predicted octanol–water partition coefficient (Wildman–Crippen LogP) is 6.47. The normalized spacial score (nSPS) is 24.4. The molecule has 1 fully saturated rings. The van der Waals surface area contributed by atoms with E-state index < -0.39 is 59.0 Å². The molecule has 240 valence electrons. The Balaban J connectivity index is 1.47. The number of pyridine rings is 1. The fraction of sp³-hybridized carbons (Fsp3) is 0.323. The fourth-order valence-corrected chi connectivity index (χ4v) is 8.07. The Morgan fingerprint density at radius 1 is 1.11 bits per heavy atom. The van der Waals surface area contributed by atoms with Crippen LogP contribution in [-0.4, -0.2) is 52.6 Å². The number of nitrogens with zero attached hydrogens (tertiary/aromatic N) is 3. The van der Waals surface area contributed by atoms with Crippen molar-refractivity contribution in [2.24, 2.45) is 17.8 Å². The summed E-state index contributed by atoms with van der Waals surface area (Å²) in [5.74, 6) is -6.13. The van der Waals surface area contributed by atoms with Crippen LogP contribution in [0.4, 0.5) is 19.0 Å². The summed E-state index contributed by atoms with van der Waals surface area (Å²) in [5, 5.41) is 12.1. The van der Waals surface area contributed by atoms with Gasteiger partial charge in [0.15, 0.2) is 28.9 Å². The van der Waals surface area contributed by atoms with Crippen molar-refractivity contribution >= 4 is 72.7 Å². The van der Waals surface area contributed by atoms with Crippen molar-refractivity contribution < 1.29 is 42.2 Å². The minimum atomic E-state index is -4.80. The highest BCUT2D eigenvalue weighted by molar-refractivity contribution is 9.13. The van der Waals surface area contributed by atoms with Gasteiger partial charge in [0, 0.05) is 34.2 Å². The minimum Gasteiger partial charge on any atom is -0.503 e. The Kier molecular flexibility index (Phi) is 8.00. The number of fused-ring (bicyclic) bond motifs is 3. The second-order valence-electron chi connectivity index (χ2n) is 11.4. The van der Waals surface area contributed by atoms with Crippen LogP contribution in [0.15, 0.2) is 61.6 Å². The lowest BCUT2D eigenvalue weighted by Crippen LogP contribution is -2.46. The molecular formula is C31H23Br2ClF3N3O6. The fourth-order valence-electron chi connectivity index (χ4n) is 6.88. The molecule has 1 aliphatic heterocycles. The van der Waals surface area contributed by atoms with Crippen molar-refractivity contribution in [1.29, 1.82) is 0 Å². The number of amides is 2. The first kappa shape index (κ1) is 32.5. The number of aromatic hydroxyl groups is 1. The molecule has 6 rings (SSSR count). The molecule has 4 atom stereocenters. The van der Waals surface area contributed by atoms with Gasteiger partial charge in [-0.1, -0.05) is 23.3 Å². The third-order valence-electron chi connectivity index (χ3n) is 8.97. The maximum atomic E-state index is 14.2. The molecule has 4 aliphatic rings. The first-order valence-corrected chi connectivity index (χ1v) is 15.8. The molecule has 2 amide bonds. The number of carbonyl (C=O) groups is 4. The highest BCUT2D eigenvalue weighted by Gasteiger charge is 2.58. The van der Waals surface area contributed by atoms with Crippen molar-refractivity contribution in [3.63, 3.8) is 0 Å². The number of imide groups is 1. The number of methoxy groups -OCH3 is 1. The monoisotopic (exact) mass is 783 g/mol. The summed E-state index contributed by atoms with van der Waals surface area (Å²) in [6, 6.07) is 3.23. The molecule has 15 heteroatoms. The van der Waals surface area contributed by atoms with Gasteiger partial charge in [0.2, 0.25) is 0 Å². The number of Topliss-reactive ketones (excluding diaryl/α,β-unsaturated/α-hetero) is 1. The van der Waals surface area contributed by atoms with E-state index in [0.29, 0.717) is 21.7 Å². The van der Waals surface area contributed by atoms with Crippen molar-refractivity contribution in [3.05, 3.63) is 77.9 Å². The van der Waals surface area contributed by atoms with Gasteiger partial charge in [0.1, 0.15) is 5.69 Å². The van der Waals surface area contributed by atoms with Crippen LogP contribution in [0, 0.1) is 17.8 Å². The highest BCUT2D eigenvalue weighted by Crippen LogP contribution is 2.57. The lowest BCUT2D eigenvalue weighted by atomic mass is 9.59. The van der Waals surface area contributed by atoms with E-state index in [1.54, 1.807) is 19.1 Å². The van der Waals surface area contributed by atoms with E-state index >= 15 is 0 Å². The Bertz CT molecular complexity index is 1870. The minimum absolute atomic E-state index is 0.0136. The van der Waals surface area contributed by atoms with Crippen molar-refractivity contribution in [2.45, 2.75) is 31.9 Å². The van der Waals surface area contributed by atoms with Crippen LogP contribution in [-0.2, 0) is 25.4 Å². The number of hydrazine groups is 1. The third kappa shape index (κ3) is 4.82. The number of halogens is 6. The number of aromatic nitrogens is 1. The zero-order valence-electron chi connectivity index (χ0n) is 24.2. The van der Waals surface area contributed by atoms with Gasteiger partial charge in [-0.25, -0.2) is 4.98 Å². The first-order chi connectivity index (χ1) is 21.6. The number of ether oxygens (including phenoxy) is 1. The zero-order valence-corrected chi connectivity index (χ0v) is 28.1. The van der Waals surface area contributed by atoms with E-state index in [9.17, 15) is 37.5 Å². The standard InChI is InChI=1S/C31H23Br2ClF3N3O6/c1-11-8-18(41)15-9-14-12(21(23(15)26(11)42)16-10-19(46-3)27(43)25(33)24(16)32)4-5-13-22(14)30(45)40(29(13)44)39(2)28-17(34)6-7-20(38-28)31(35,36)37/h4,6-8,10,13-14,21-22,43H,5,9H2,1-3H3.